The zero-order chi connectivity index (χ0) is 22.0. The number of imide groups is 1. The van der Waals surface area contributed by atoms with Crippen molar-refractivity contribution in [2.45, 2.75) is 0 Å². The van der Waals surface area contributed by atoms with E-state index >= 15 is 0 Å². The number of amides is 3. The Bertz CT molecular complexity index is 1030. The van der Waals surface area contributed by atoms with Gasteiger partial charge in [0.25, 0.3) is 11.1 Å². The van der Waals surface area contributed by atoms with Crippen LogP contribution in [-0.2, 0) is 9.59 Å². The molecule has 0 unspecified atom stereocenters. The Kier molecular flexibility index (Phi) is 6.29. The molecule has 2 saturated heterocycles. The third-order valence-corrected chi connectivity index (χ3v) is 6.43. The molecule has 0 atom stereocenters. The van der Waals surface area contributed by atoms with E-state index in [1.54, 1.807) is 4.90 Å². The molecule has 31 heavy (non-hydrogen) atoms. The van der Waals surface area contributed by atoms with E-state index in [0.29, 0.717) is 37.9 Å². The Morgan fingerprint density at radius 3 is 2.42 bits per heavy atom. The van der Waals surface area contributed by atoms with Crippen molar-refractivity contribution in [3.63, 3.8) is 0 Å². The van der Waals surface area contributed by atoms with Gasteiger partial charge in [-0.3, -0.25) is 19.3 Å². The zero-order valence-electron chi connectivity index (χ0n) is 16.5. The number of hydrogen-bond acceptors (Lipinski definition) is 5. The number of para-hydroxylation sites is 1. The Hall–Kier alpha value is -2.84. The summed E-state index contributed by atoms with van der Waals surface area (Å²) in [4.78, 5) is 42.5. The Labute approximate surface area is 188 Å². The SMILES string of the molecule is O=C(CN1C(=O)S/C(=C\c2c(F)cccc2Cl)C1=O)N1CCN(c2ccccc2)CC1. The van der Waals surface area contributed by atoms with Crippen LogP contribution in [0, 0.1) is 5.82 Å². The molecule has 0 radical (unpaired) electrons. The number of halogens is 2. The fraction of sp³-hybridized carbons (Fsp3) is 0.227. The van der Waals surface area contributed by atoms with Crippen LogP contribution in [0.15, 0.2) is 53.4 Å². The number of carbonyl (C=O) groups is 3. The fourth-order valence-corrected chi connectivity index (χ4v) is 4.54. The van der Waals surface area contributed by atoms with Gasteiger partial charge in [0.2, 0.25) is 5.91 Å². The third kappa shape index (κ3) is 4.60. The van der Waals surface area contributed by atoms with Crippen molar-refractivity contribution in [1.82, 2.24) is 9.80 Å². The lowest BCUT2D eigenvalue weighted by molar-refractivity contribution is -0.136. The summed E-state index contributed by atoms with van der Waals surface area (Å²) in [5, 5.41) is -0.417. The predicted octanol–water partition coefficient (Wildman–Crippen LogP) is 3.86. The second-order valence-corrected chi connectivity index (χ2v) is 8.51. The minimum Gasteiger partial charge on any atom is -0.368 e. The van der Waals surface area contributed by atoms with Crippen LogP contribution >= 0.6 is 23.4 Å². The minimum atomic E-state index is -0.620. The molecule has 3 amide bonds. The summed E-state index contributed by atoms with van der Waals surface area (Å²) < 4.78 is 14.0. The first kappa shape index (κ1) is 21.4. The summed E-state index contributed by atoms with van der Waals surface area (Å²) in [6.45, 7) is 2.01. The molecular formula is C22H19ClFN3O3S. The summed E-state index contributed by atoms with van der Waals surface area (Å²) in [6.07, 6.45) is 1.26. The van der Waals surface area contributed by atoms with Crippen molar-refractivity contribution in [3.8, 4) is 0 Å². The average Bonchev–Trinajstić information content (AvgIpc) is 3.04. The fourth-order valence-electron chi connectivity index (χ4n) is 3.50. The molecule has 9 heteroatoms. The molecule has 2 aliphatic heterocycles. The van der Waals surface area contributed by atoms with Crippen LogP contribution in [0.5, 0.6) is 0 Å². The van der Waals surface area contributed by atoms with E-state index in [4.69, 9.17) is 11.6 Å². The van der Waals surface area contributed by atoms with E-state index in [1.165, 1.54) is 24.3 Å². The van der Waals surface area contributed by atoms with E-state index in [0.717, 1.165) is 10.6 Å². The first-order chi connectivity index (χ1) is 14.9. The summed E-state index contributed by atoms with van der Waals surface area (Å²) in [5.41, 5.74) is 1.13. The molecule has 2 aromatic rings. The van der Waals surface area contributed by atoms with Crippen molar-refractivity contribution in [3.05, 3.63) is 69.8 Å². The highest BCUT2D eigenvalue weighted by molar-refractivity contribution is 8.18. The van der Waals surface area contributed by atoms with E-state index < -0.39 is 17.0 Å². The highest BCUT2D eigenvalue weighted by atomic mass is 35.5. The normalized spacial score (nSPS) is 18.3. The monoisotopic (exact) mass is 459 g/mol. The summed E-state index contributed by atoms with van der Waals surface area (Å²) >= 11 is 6.68. The molecule has 0 N–H and O–H groups in total. The number of carbonyl (C=O) groups excluding carboxylic acids is 3. The zero-order valence-corrected chi connectivity index (χ0v) is 18.0. The number of anilines is 1. The van der Waals surface area contributed by atoms with Gasteiger partial charge in [0, 0.05) is 37.4 Å². The smallest absolute Gasteiger partial charge is 0.294 e. The molecule has 0 aromatic heterocycles. The van der Waals surface area contributed by atoms with Crippen LogP contribution in [0.2, 0.25) is 5.02 Å². The van der Waals surface area contributed by atoms with Crippen LogP contribution in [0.1, 0.15) is 5.56 Å². The van der Waals surface area contributed by atoms with E-state index in [2.05, 4.69) is 4.90 Å². The largest absolute Gasteiger partial charge is 0.368 e. The topological polar surface area (TPSA) is 60.9 Å². The van der Waals surface area contributed by atoms with Crippen LogP contribution < -0.4 is 4.90 Å². The lowest BCUT2D eigenvalue weighted by Gasteiger charge is -2.36. The van der Waals surface area contributed by atoms with E-state index in [-0.39, 0.29) is 27.9 Å². The second-order valence-electron chi connectivity index (χ2n) is 7.11. The van der Waals surface area contributed by atoms with Gasteiger partial charge in [-0.05, 0) is 42.1 Å². The summed E-state index contributed by atoms with van der Waals surface area (Å²) in [5.74, 6) is -1.50. The quantitative estimate of drug-likeness (QED) is 0.650. The van der Waals surface area contributed by atoms with Crippen molar-refractivity contribution in [1.29, 1.82) is 0 Å². The second kappa shape index (κ2) is 9.11. The van der Waals surface area contributed by atoms with Gasteiger partial charge in [0.1, 0.15) is 12.4 Å². The third-order valence-electron chi connectivity index (χ3n) is 5.20. The molecule has 0 aliphatic carbocycles. The van der Waals surface area contributed by atoms with Gasteiger partial charge in [0.15, 0.2) is 0 Å². The Balaban J connectivity index is 1.39. The highest BCUT2D eigenvalue weighted by Gasteiger charge is 2.37. The van der Waals surface area contributed by atoms with Crippen LogP contribution in [-0.4, -0.2) is 59.6 Å². The first-order valence-electron chi connectivity index (χ1n) is 9.71. The Morgan fingerprint density at radius 2 is 1.74 bits per heavy atom. The van der Waals surface area contributed by atoms with E-state index in [9.17, 15) is 18.8 Å². The molecule has 0 spiro atoms. The molecule has 0 bridgehead atoms. The maximum absolute atomic E-state index is 14.0. The maximum atomic E-state index is 14.0. The predicted molar refractivity (Wildman–Crippen MR) is 119 cm³/mol. The van der Waals surface area contributed by atoms with Gasteiger partial charge in [-0.2, -0.15) is 0 Å². The molecule has 2 aliphatic rings. The molecule has 2 fully saturated rings. The van der Waals surface area contributed by atoms with Crippen molar-refractivity contribution in [2.75, 3.05) is 37.6 Å². The van der Waals surface area contributed by atoms with Crippen LogP contribution in [0.3, 0.4) is 0 Å². The first-order valence-corrected chi connectivity index (χ1v) is 10.9. The van der Waals surface area contributed by atoms with Gasteiger partial charge in [-0.15, -0.1) is 0 Å². The number of piperazine rings is 1. The average molecular weight is 460 g/mol. The van der Waals surface area contributed by atoms with Gasteiger partial charge in [-0.1, -0.05) is 35.9 Å². The van der Waals surface area contributed by atoms with Gasteiger partial charge in [0.05, 0.1) is 9.93 Å². The number of rotatable bonds is 4. The van der Waals surface area contributed by atoms with Gasteiger partial charge in [-0.25, -0.2) is 4.39 Å². The molecule has 0 saturated carbocycles. The number of benzene rings is 2. The Morgan fingerprint density at radius 1 is 1.03 bits per heavy atom. The molecule has 2 aromatic carbocycles. The van der Waals surface area contributed by atoms with Gasteiger partial charge < -0.3 is 9.80 Å². The number of thioether (sulfide) groups is 1. The summed E-state index contributed by atoms with van der Waals surface area (Å²) in [6, 6.07) is 14.1. The van der Waals surface area contributed by atoms with Crippen LogP contribution in [0.25, 0.3) is 6.08 Å². The molecule has 6 nitrogen and oxygen atoms in total. The van der Waals surface area contributed by atoms with Gasteiger partial charge >= 0.3 is 0 Å². The van der Waals surface area contributed by atoms with Crippen molar-refractivity contribution < 1.29 is 18.8 Å². The molecule has 160 valence electrons. The number of nitrogens with zero attached hydrogens (tertiary/aromatic N) is 3. The molecule has 4 rings (SSSR count). The minimum absolute atomic E-state index is 0.0398. The van der Waals surface area contributed by atoms with E-state index in [1.807, 2.05) is 30.3 Å². The molecular weight excluding hydrogens is 441 g/mol. The maximum Gasteiger partial charge on any atom is 0.294 e. The lowest BCUT2D eigenvalue weighted by atomic mass is 10.2. The molecule has 2 heterocycles. The standard InChI is InChI=1S/C22H19ClFN3O3S/c23-17-7-4-8-18(24)16(17)13-19-21(29)27(22(30)31-19)14-20(28)26-11-9-25(10-12-26)15-5-2-1-3-6-15/h1-8,13H,9-12,14H2/b19-13-. The van der Waals surface area contributed by atoms with Crippen molar-refractivity contribution in [2.24, 2.45) is 0 Å². The summed E-state index contributed by atoms with van der Waals surface area (Å²) in [7, 11) is 0. The number of hydrogen-bond donors (Lipinski definition) is 0. The van der Waals surface area contributed by atoms with Crippen LogP contribution in [0.4, 0.5) is 14.9 Å². The van der Waals surface area contributed by atoms with Crippen molar-refractivity contribution >= 4 is 52.2 Å². The highest BCUT2D eigenvalue weighted by Crippen LogP contribution is 2.34. The lowest BCUT2D eigenvalue weighted by Crippen LogP contribution is -2.51.